The van der Waals surface area contributed by atoms with E-state index in [4.69, 9.17) is 9.40 Å². The second-order valence-electron chi connectivity index (χ2n) is 7.97. The van der Waals surface area contributed by atoms with E-state index in [0.29, 0.717) is 17.9 Å². The fraction of sp³-hybridized carbons (Fsp3) is 0.231. The van der Waals surface area contributed by atoms with Gasteiger partial charge in [-0.15, -0.1) is 0 Å². The fourth-order valence-corrected chi connectivity index (χ4v) is 4.27. The highest BCUT2D eigenvalue weighted by Crippen LogP contribution is 2.34. The van der Waals surface area contributed by atoms with Gasteiger partial charge >= 0.3 is 0 Å². The molecule has 4 nitrogen and oxygen atoms in total. The van der Waals surface area contributed by atoms with Gasteiger partial charge in [0.15, 0.2) is 5.58 Å². The van der Waals surface area contributed by atoms with Crippen molar-refractivity contribution in [1.29, 1.82) is 0 Å². The lowest BCUT2D eigenvalue weighted by atomic mass is 10.1. The third-order valence-electron chi connectivity index (χ3n) is 5.91. The number of halogens is 1. The van der Waals surface area contributed by atoms with E-state index in [1.807, 2.05) is 53.4 Å². The first-order valence-corrected chi connectivity index (χ1v) is 10.7. The van der Waals surface area contributed by atoms with Crippen molar-refractivity contribution in [3.8, 4) is 11.1 Å². The first-order chi connectivity index (χ1) is 15.2. The highest BCUT2D eigenvalue weighted by molar-refractivity contribution is 5.81. The minimum atomic E-state index is -0.258. The summed E-state index contributed by atoms with van der Waals surface area (Å²) in [5, 5.41) is 0. The van der Waals surface area contributed by atoms with Crippen LogP contribution in [-0.2, 0) is 11.2 Å². The highest BCUT2D eigenvalue weighted by atomic mass is 19.1. The number of aromatic nitrogens is 1. The summed E-state index contributed by atoms with van der Waals surface area (Å²) in [4.78, 5) is 19.5. The minimum Gasteiger partial charge on any atom is -0.438 e. The number of likely N-dealkylation sites (tertiary alicyclic amines) is 1. The molecule has 0 saturated carbocycles. The quantitative estimate of drug-likeness (QED) is 0.407. The average Bonchev–Trinajstić information content (AvgIpc) is 3.45. The Kier molecular flexibility index (Phi) is 5.24. The number of oxazole rings is 1. The summed E-state index contributed by atoms with van der Waals surface area (Å²) in [6.07, 6.45) is 3.02. The molecule has 1 fully saturated rings. The van der Waals surface area contributed by atoms with Crippen LogP contribution in [0.2, 0.25) is 0 Å². The standard InChI is InChI=1S/C26H23FN2O2/c27-21-12-9-19(10-13-21)20-11-14-24-22(17-20)28-26(31-24)23-7-4-16-29(23)25(30)15-8-18-5-2-1-3-6-18/h1-3,5-6,9-14,17,23H,4,7-8,15-16H2. The predicted octanol–water partition coefficient (Wildman–Crippen LogP) is 5.93. The van der Waals surface area contributed by atoms with E-state index in [1.54, 1.807) is 12.1 Å². The second-order valence-corrected chi connectivity index (χ2v) is 7.97. The van der Waals surface area contributed by atoms with Crippen LogP contribution in [0.25, 0.3) is 22.2 Å². The molecule has 2 heterocycles. The molecule has 3 aromatic carbocycles. The molecule has 1 aromatic heterocycles. The molecular formula is C26H23FN2O2. The van der Waals surface area contributed by atoms with E-state index in [0.717, 1.165) is 42.5 Å². The molecule has 1 amide bonds. The number of fused-ring (bicyclic) bond motifs is 1. The molecule has 0 spiro atoms. The first kappa shape index (κ1) is 19.5. The van der Waals surface area contributed by atoms with Crippen LogP contribution >= 0.6 is 0 Å². The van der Waals surface area contributed by atoms with Crippen molar-refractivity contribution in [2.45, 2.75) is 31.7 Å². The zero-order valence-electron chi connectivity index (χ0n) is 17.1. The lowest BCUT2D eigenvalue weighted by molar-refractivity contribution is -0.132. The van der Waals surface area contributed by atoms with Gasteiger partial charge in [0.1, 0.15) is 17.4 Å². The van der Waals surface area contributed by atoms with E-state index < -0.39 is 0 Å². The van der Waals surface area contributed by atoms with Crippen molar-refractivity contribution >= 4 is 17.0 Å². The van der Waals surface area contributed by atoms with Gasteiger partial charge < -0.3 is 9.32 Å². The van der Waals surface area contributed by atoms with Crippen LogP contribution < -0.4 is 0 Å². The van der Waals surface area contributed by atoms with Gasteiger partial charge in [-0.3, -0.25) is 4.79 Å². The molecule has 1 aliphatic heterocycles. The maximum Gasteiger partial charge on any atom is 0.223 e. The number of benzene rings is 3. The van der Waals surface area contributed by atoms with Crippen LogP contribution in [-0.4, -0.2) is 22.3 Å². The summed E-state index contributed by atoms with van der Waals surface area (Å²) >= 11 is 0. The van der Waals surface area contributed by atoms with Gasteiger partial charge in [-0.25, -0.2) is 9.37 Å². The molecule has 0 radical (unpaired) electrons. The van der Waals surface area contributed by atoms with Gasteiger partial charge in [0.2, 0.25) is 11.8 Å². The number of aryl methyl sites for hydroxylation is 1. The average molecular weight is 414 g/mol. The molecule has 156 valence electrons. The smallest absolute Gasteiger partial charge is 0.223 e. The number of hydrogen-bond donors (Lipinski definition) is 0. The third-order valence-corrected chi connectivity index (χ3v) is 5.91. The largest absolute Gasteiger partial charge is 0.438 e. The van der Waals surface area contributed by atoms with Gasteiger partial charge in [0, 0.05) is 13.0 Å². The summed E-state index contributed by atoms with van der Waals surface area (Å²) in [5.74, 6) is 0.476. The Hall–Kier alpha value is -3.47. The van der Waals surface area contributed by atoms with E-state index in [1.165, 1.54) is 17.7 Å². The number of carbonyl (C=O) groups is 1. The Balaban J connectivity index is 1.35. The Morgan fingerprint density at radius 1 is 1.03 bits per heavy atom. The van der Waals surface area contributed by atoms with Crippen molar-refractivity contribution in [3.63, 3.8) is 0 Å². The maximum absolute atomic E-state index is 13.2. The number of rotatable bonds is 5. The van der Waals surface area contributed by atoms with Crippen LogP contribution in [0.4, 0.5) is 4.39 Å². The van der Waals surface area contributed by atoms with Gasteiger partial charge in [-0.2, -0.15) is 0 Å². The van der Waals surface area contributed by atoms with Crippen molar-refractivity contribution in [2.75, 3.05) is 6.54 Å². The molecule has 4 aromatic rings. The lowest BCUT2D eigenvalue weighted by Crippen LogP contribution is -2.30. The van der Waals surface area contributed by atoms with Crippen molar-refractivity contribution < 1.29 is 13.6 Å². The summed E-state index contributed by atoms with van der Waals surface area (Å²) in [6, 6.07) is 22.1. The Bertz CT molecular complexity index is 1200. The molecule has 1 unspecified atom stereocenters. The highest BCUT2D eigenvalue weighted by Gasteiger charge is 2.33. The summed E-state index contributed by atoms with van der Waals surface area (Å²) in [7, 11) is 0. The second kappa shape index (κ2) is 8.34. The zero-order valence-corrected chi connectivity index (χ0v) is 17.1. The minimum absolute atomic E-state index is 0.120. The molecular weight excluding hydrogens is 391 g/mol. The first-order valence-electron chi connectivity index (χ1n) is 10.7. The van der Waals surface area contributed by atoms with Crippen LogP contribution in [0, 0.1) is 5.82 Å². The maximum atomic E-state index is 13.2. The number of carbonyl (C=O) groups excluding carboxylic acids is 1. The molecule has 0 aliphatic carbocycles. The molecule has 5 rings (SSSR count). The van der Waals surface area contributed by atoms with E-state index in [2.05, 4.69) is 0 Å². The number of nitrogens with zero attached hydrogens (tertiary/aromatic N) is 2. The number of hydrogen-bond acceptors (Lipinski definition) is 3. The van der Waals surface area contributed by atoms with Gasteiger partial charge in [0.05, 0.1) is 0 Å². The Labute approximate surface area is 180 Å². The Morgan fingerprint density at radius 2 is 1.81 bits per heavy atom. The lowest BCUT2D eigenvalue weighted by Gasteiger charge is -2.22. The van der Waals surface area contributed by atoms with Crippen LogP contribution in [0.3, 0.4) is 0 Å². The molecule has 1 aliphatic rings. The third kappa shape index (κ3) is 4.08. The summed E-state index contributed by atoms with van der Waals surface area (Å²) < 4.78 is 19.3. The summed E-state index contributed by atoms with van der Waals surface area (Å²) in [6.45, 7) is 0.734. The molecule has 0 bridgehead atoms. The Morgan fingerprint density at radius 3 is 2.61 bits per heavy atom. The monoisotopic (exact) mass is 414 g/mol. The predicted molar refractivity (Wildman–Crippen MR) is 118 cm³/mol. The van der Waals surface area contributed by atoms with Crippen molar-refractivity contribution in [2.24, 2.45) is 0 Å². The molecule has 5 heteroatoms. The van der Waals surface area contributed by atoms with Gasteiger partial charge in [-0.1, -0.05) is 48.5 Å². The SMILES string of the molecule is O=C(CCc1ccccc1)N1CCCC1c1nc2cc(-c3ccc(F)cc3)ccc2o1. The van der Waals surface area contributed by atoms with E-state index >= 15 is 0 Å². The summed E-state index contributed by atoms with van der Waals surface area (Å²) in [5.41, 5.74) is 4.49. The van der Waals surface area contributed by atoms with Crippen molar-refractivity contribution in [3.05, 3.63) is 90.1 Å². The molecule has 0 N–H and O–H groups in total. The van der Waals surface area contributed by atoms with Gasteiger partial charge in [0.25, 0.3) is 0 Å². The van der Waals surface area contributed by atoms with Crippen LogP contribution in [0.15, 0.2) is 77.2 Å². The van der Waals surface area contributed by atoms with E-state index in [9.17, 15) is 9.18 Å². The number of amides is 1. The van der Waals surface area contributed by atoms with Gasteiger partial charge in [-0.05, 0) is 60.2 Å². The topological polar surface area (TPSA) is 46.3 Å². The normalized spacial score (nSPS) is 16.2. The van der Waals surface area contributed by atoms with E-state index in [-0.39, 0.29) is 17.8 Å². The molecule has 1 atom stereocenters. The fourth-order valence-electron chi connectivity index (χ4n) is 4.27. The zero-order chi connectivity index (χ0) is 21.2. The molecule has 1 saturated heterocycles. The molecule has 31 heavy (non-hydrogen) atoms. The van der Waals surface area contributed by atoms with Crippen LogP contribution in [0.1, 0.15) is 36.8 Å². The van der Waals surface area contributed by atoms with Crippen molar-refractivity contribution in [1.82, 2.24) is 9.88 Å². The van der Waals surface area contributed by atoms with Crippen LogP contribution in [0.5, 0.6) is 0 Å².